The molecule has 0 rings (SSSR count). The molecule has 0 N–H and O–H groups in total. The summed E-state index contributed by atoms with van der Waals surface area (Å²) in [6.45, 7) is 6.22. The van der Waals surface area contributed by atoms with Crippen molar-refractivity contribution in [2.45, 2.75) is 207 Å². The maximum Gasteiger partial charge on any atom is 0.306 e. The zero-order valence-corrected chi connectivity index (χ0v) is 47.2. The summed E-state index contributed by atoms with van der Waals surface area (Å²) in [6.07, 6.45) is 92.6. The summed E-state index contributed by atoms with van der Waals surface area (Å²) >= 11 is 0. The fourth-order valence-corrected chi connectivity index (χ4v) is 7.16. The highest BCUT2D eigenvalue weighted by molar-refractivity contribution is 5.71. The third-order valence-corrected chi connectivity index (χ3v) is 11.5. The Balaban J connectivity index is 4.64. The molecule has 0 heterocycles. The number of allylic oxidation sites excluding steroid dienone is 32. The van der Waals surface area contributed by atoms with Crippen LogP contribution in [-0.4, -0.2) is 37.2 Å². The van der Waals surface area contributed by atoms with Crippen molar-refractivity contribution < 1.29 is 28.6 Å². The average Bonchev–Trinajstić information content (AvgIpc) is 3.41. The van der Waals surface area contributed by atoms with Crippen molar-refractivity contribution in [2.75, 3.05) is 13.2 Å². The lowest BCUT2D eigenvalue weighted by Crippen LogP contribution is -2.30. The van der Waals surface area contributed by atoms with E-state index in [9.17, 15) is 14.4 Å². The van der Waals surface area contributed by atoms with Crippen LogP contribution in [0.25, 0.3) is 0 Å². The van der Waals surface area contributed by atoms with E-state index in [-0.39, 0.29) is 44.0 Å². The van der Waals surface area contributed by atoms with Crippen molar-refractivity contribution in [3.8, 4) is 0 Å². The Labute approximate surface area is 458 Å². The Bertz CT molecular complexity index is 1850. The first-order valence-corrected chi connectivity index (χ1v) is 29.2. The summed E-state index contributed by atoms with van der Waals surface area (Å²) in [6, 6.07) is 0. The van der Waals surface area contributed by atoms with Crippen LogP contribution in [0.5, 0.6) is 0 Å². The summed E-state index contributed by atoms with van der Waals surface area (Å²) in [4.78, 5) is 38.2. The van der Waals surface area contributed by atoms with Gasteiger partial charge in [-0.25, -0.2) is 0 Å². The van der Waals surface area contributed by atoms with E-state index < -0.39 is 6.10 Å². The highest BCUT2D eigenvalue weighted by atomic mass is 16.6. The van der Waals surface area contributed by atoms with E-state index in [0.717, 1.165) is 70.6 Å². The fourth-order valence-electron chi connectivity index (χ4n) is 7.16. The minimum atomic E-state index is -0.837. The molecule has 0 aromatic rings. The van der Waals surface area contributed by atoms with Crippen LogP contribution < -0.4 is 0 Å². The average molecular weight is 1030 g/mol. The standard InChI is InChI=1S/C69H102O6/c1-4-7-10-13-16-19-22-25-28-31-34-37-40-43-46-49-52-55-58-61-67(70)73-64-66(75-69(72)63-60-57-54-51-48-45-42-39-36-33-30-27-24-21-18-15-12-9-6-3)65-74-68(71)62-59-56-53-50-47-44-41-38-35-32-29-26-23-20-17-14-11-8-5-2/h7,9-10,12-13,15-28,30-31,33-34,36-37,39-40,42-43,45-46,48,66H,4-6,8,11,14,29,32,35,38,41,44,47,49-65H2,1-3H3/b10-7-,12-9-,16-13-,18-15-,20-17-,22-19-,24-21-,26-23-,28-25-,30-27-,34-31+,36-33+,40-37-,42-39-,46-43-,48-45-. The molecule has 6 nitrogen and oxygen atoms in total. The van der Waals surface area contributed by atoms with Gasteiger partial charge in [-0.15, -0.1) is 0 Å². The molecule has 0 radical (unpaired) electrons. The zero-order chi connectivity index (χ0) is 54.3. The maximum atomic E-state index is 12.9. The smallest absolute Gasteiger partial charge is 0.306 e. The Morgan fingerprint density at radius 3 is 0.840 bits per heavy atom. The van der Waals surface area contributed by atoms with Crippen LogP contribution in [0, 0.1) is 0 Å². The summed E-state index contributed by atoms with van der Waals surface area (Å²) in [5, 5.41) is 0. The Hall–Kier alpha value is -5.75. The molecule has 0 aliphatic rings. The number of unbranched alkanes of at least 4 members (excludes halogenated alkanes) is 19. The number of hydrogen-bond donors (Lipinski definition) is 0. The van der Waals surface area contributed by atoms with E-state index in [4.69, 9.17) is 14.2 Å². The molecule has 0 saturated heterocycles. The van der Waals surface area contributed by atoms with Crippen molar-refractivity contribution in [3.05, 3.63) is 194 Å². The lowest BCUT2D eigenvalue weighted by molar-refractivity contribution is -0.167. The van der Waals surface area contributed by atoms with Gasteiger partial charge in [-0.3, -0.25) is 14.4 Å². The fraction of sp³-hybridized carbons (Fsp3) is 0.493. The van der Waals surface area contributed by atoms with E-state index >= 15 is 0 Å². The van der Waals surface area contributed by atoms with Crippen molar-refractivity contribution in [1.29, 1.82) is 0 Å². The second-order valence-corrected chi connectivity index (χ2v) is 18.5. The summed E-state index contributed by atoms with van der Waals surface area (Å²) < 4.78 is 16.8. The minimum absolute atomic E-state index is 0.125. The van der Waals surface area contributed by atoms with E-state index in [2.05, 4.69) is 69.4 Å². The van der Waals surface area contributed by atoms with E-state index in [1.807, 2.05) is 146 Å². The molecule has 75 heavy (non-hydrogen) atoms. The van der Waals surface area contributed by atoms with Crippen LogP contribution in [0.1, 0.15) is 201 Å². The first-order valence-electron chi connectivity index (χ1n) is 29.2. The first-order chi connectivity index (χ1) is 37.0. The normalized spacial score (nSPS) is 13.6. The minimum Gasteiger partial charge on any atom is -0.462 e. The molecular weight excluding hydrogens is 925 g/mol. The van der Waals surface area contributed by atoms with Gasteiger partial charge in [0.25, 0.3) is 0 Å². The number of hydrogen-bond acceptors (Lipinski definition) is 6. The molecule has 0 fully saturated rings. The Morgan fingerprint density at radius 1 is 0.280 bits per heavy atom. The lowest BCUT2D eigenvalue weighted by Gasteiger charge is -2.18. The molecule has 0 aromatic carbocycles. The van der Waals surface area contributed by atoms with E-state index in [1.165, 1.54) is 77.0 Å². The van der Waals surface area contributed by atoms with Crippen molar-refractivity contribution in [1.82, 2.24) is 0 Å². The van der Waals surface area contributed by atoms with Gasteiger partial charge in [-0.1, -0.05) is 292 Å². The second-order valence-electron chi connectivity index (χ2n) is 18.5. The number of rotatable bonds is 49. The molecule has 414 valence electrons. The van der Waals surface area contributed by atoms with Gasteiger partial charge in [0.05, 0.1) is 0 Å². The maximum absolute atomic E-state index is 12.9. The van der Waals surface area contributed by atoms with Gasteiger partial charge in [0.15, 0.2) is 6.10 Å². The van der Waals surface area contributed by atoms with Crippen LogP contribution in [-0.2, 0) is 28.6 Å². The largest absolute Gasteiger partial charge is 0.462 e. The van der Waals surface area contributed by atoms with Gasteiger partial charge < -0.3 is 14.2 Å². The van der Waals surface area contributed by atoms with Crippen LogP contribution >= 0.6 is 0 Å². The first kappa shape index (κ1) is 69.2. The third-order valence-electron chi connectivity index (χ3n) is 11.5. The van der Waals surface area contributed by atoms with Crippen molar-refractivity contribution in [3.63, 3.8) is 0 Å². The topological polar surface area (TPSA) is 78.9 Å². The molecule has 0 aliphatic carbocycles. The SMILES string of the molecule is CC\C=C/C=C\C=C/C=C\C=C\C=C/C=C\CCCCCC(=O)OCC(COC(=O)CCCCCCCCCCCC/C=C\C=C/CCCCC)OC(=O)CCCCC\C=C/C=C\C=C\C=C/C=C\C=C/C=C\CC. The summed E-state index contributed by atoms with van der Waals surface area (Å²) in [7, 11) is 0. The third kappa shape index (κ3) is 59.0. The number of esters is 3. The lowest BCUT2D eigenvalue weighted by atomic mass is 10.1. The van der Waals surface area contributed by atoms with Gasteiger partial charge in [0, 0.05) is 19.3 Å². The predicted molar refractivity (Wildman–Crippen MR) is 324 cm³/mol. The predicted octanol–water partition coefficient (Wildman–Crippen LogP) is 19.9. The van der Waals surface area contributed by atoms with Crippen LogP contribution in [0.3, 0.4) is 0 Å². The number of ether oxygens (including phenoxy) is 3. The summed E-state index contributed by atoms with van der Waals surface area (Å²) in [5.41, 5.74) is 0. The molecular formula is C69H102O6. The Morgan fingerprint density at radius 2 is 0.520 bits per heavy atom. The summed E-state index contributed by atoms with van der Waals surface area (Å²) in [5.74, 6) is -1.03. The van der Waals surface area contributed by atoms with Crippen LogP contribution in [0.4, 0.5) is 0 Å². The molecule has 1 unspecified atom stereocenters. The van der Waals surface area contributed by atoms with E-state index in [0.29, 0.717) is 19.3 Å². The van der Waals surface area contributed by atoms with Gasteiger partial charge in [-0.05, 0) is 83.5 Å². The van der Waals surface area contributed by atoms with Gasteiger partial charge in [0.2, 0.25) is 0 Å². The molecule has 0 spiro atoms. The highest BCUT2D eigenvalue weighted by Crippen LogP contribution is 2.14. The van der Waals surface area contributed by atoms with Crippen LogP contribution in [0.2, 0.25) is 0 Å². The van der Waals surface area contributed by atoms with Crippen molar-refractivity contribution in [2.24, 2.45) is 0 Å². The van der Waals surface area contributed by atoms with E-state index in [1.54, 1.807) is 0 Å². The molecule has 0 amide bonds. The van der Waals surface area contributed by atoms with Gasteiger partial charge in [-0.2, -0.15) is 0 Å². The molecule has 0 bridgehead atoms. The van der Waals surface area contributed by atoms with Gasteiger partial charge >= 0.3 is 17.9 Å². The Kier molecular flexibility index (Phi) is 56.1. The highest BCUT2D eigenvalue weighted by Gasteiger charge is 2.19. The second kappa shape index (κ2) is 60.8. The molecule has 1 atom stereocenters. The van der Waals surface area contributed by atoms with Crippen molar-refractivity contribution >= 4 is 17.9 Å². The number of carbonyl (C=O) groups excluding carboxylic acids is 3. The number of carbonyl (C=O) groups is 3. The molecule has 0 aliphatic heterocycles. The molecule has 0 aromatic heterocycles. The molecule has 6 heteroatoms. The van der Waals surface area contributed by atoms with Gasteiger partial charge in [0.1, 0.15) is 13.2 Å². The van der Waals surface area contributed by atoms with Crippen LogP contribution in [0.15, 0.2) is 194 Å². The quantitative estimate of drug-likeness (QED) is 0.0261. The molecule has 0 saturated carbocycles. The monoisotopic (exact) mass is 1030 g/mol. The zero-order valence-electron chi connectivity index (χ0n) is 47.2.